The van der Waals surface area contributed by atoms with Gasteiger partial charge in [-0.1, -0.05) is 23.2 Å². The fraction of sp³-hybridized carbons (Fsp3) is 0.400. The SMILES string of the molecule is CCO[P+](O)(OCC)c1ccc(Cl)c(Cl)c1. The minimum Gasteiger partial charge on any atom is -0.188 e. The fourth-order valence-electron chi connectivity index (χ4n) is 1.20. The van der Waals surface area contributed by atoms with E-state index in [1.807, 2.05) is 0 Å². The molecule has 0 heterocycles. The Morgan fingerprint density at radius 1 is 1.12 bits per heavy atom. The van der Waals surface area contributed by atoms with Crippen LogP contribution < -0.4 is 5.30 Å². The molecule has 0 atom stereocenters. The van der Waals surface area contributed by atoms with Gasteiger partial charge in [-0.15, -0.1) is 0 Å². The molecular weight excluding hydrogens is 270 g/mol. The van der Waals surface area contributed by atoms with Crippen molar-refractivity contribution in [2.75, 3.05) is 13.2 Å². The summed E-state index contributed by atoms with van der Waals surface area (Å²) in [6, 6.07) is 4.85. The second kappa shape index (κ2) is 6.15. The molecule has 0 unspecified atom stereocenters. The summed E-state index contributed by atoms with van der Waals surface area (Å²) in [4.78, 5) is 10.3. The van der Waals surface area contributed by atoms with E-state index in [9.17, 15) is 4.89 Å². The lowest BCUT2D eigenvalue weighted by atomic mass is 10.4. The smallest absolute Gasteiger partial charge is 0.188 e. The molecular formula is C10H14Cl2O3P+. The summed E-state index contributed by atoms with van der Waals surface area (Å²) in [5, 5.41) is 1.34. The van der Waals surface area contributed by atoms with Crippen molar-refractivity contribution in [3.63, 3.8) is 0 Å². The highest BCUT2D eigenvalue weighted by Gasteiger charge is 2.43. The van der Waals surface area contributed by atoms with Gasteiger partial charge in [0.1, 0.15) is 0 Å². The molecule has 0 radical (unpaired) electrons. The molecule has 0 spiro atoms. The Kier molecular flexibility index (Phi) is 5.45. The van der Waals surface area contributed by atoms with E-state index in [4.69, 9.17) is 32.2 Å². The van der Waals surface area contributed by atoms with E-state index in [2.05, 4.69) is 0 Å². The quantitative estimate of drug-likeness (QED) is 0.842. The first-order valence-electron chi connectivity index (χ1n) is 4.90. The van der Waals surface area contributed by atoms with E-state index in [1.165, 1.54) is 0 Å². The Morgan fingerprint density at radius 3 is 2.12 bits per heavy atom. The lowest BCUT2D eigenvalue weighted by Crippen LogP contribution is -2.16. The first kappa shape index (κ1) is 14.2. The molecule has 0 fully saturated rings. The minimum atomic E-state index is -3.01. The van der Waals surface area contributed by atoms with Crippen LogP contribution in [0.4, 0.5) is 0 Å². The number of rotatable bonds is 5. The topological polar surface area (TPSA) is 38.7 Å². The van der Waals surface area contributed by atoms with Crippen LogP contribution in [0.3, 0.4) is 0 Å². The number of halogens is 2. The van der Waals surface area contributed by atoms with Gasteiger partial charge in [0.15, 0.2) is 5.30 Å². The van der Waals surface area contributed by atoms with Gasteiger partial charge in [-0.25, -0.2) is 0 Å². The minimum absolute atomic E-state index is 0.366. The summed E-state index contributed by atoms with van der Waals surface area (Å²) in [6.07, 6.45) is 0. The zero-order valence-electron chi connectivity index (χ0n) is 9.11. The number of benzene rings is 1. The third-order valence-electron chi connectivity index (χ3n) is 1.84. The predicted molar refractivity (Wildman–Crippen MR) is 68.5 cm³/mol. The Labute approximate surface area is 106 Å². The predicted octanol–water partition coefficient (Wildman–Crippen LogP) is 3.45. The van der Waals surface area contributed by atoms with Crippen molar-refractivity contribution < 1.29 is 13.9 Å². The molecule has 0 aliphatic rings. The summed E-state index contributed by atoms with van der Waals surface area (Å²) < 4.78 is 10.6. The monoisotopic (exact) mass is 283 g/mol. The molecule has 3 nitrogen and oxygen atoms in total. The molecule has 1 aromatic carbocycles. The molecule has 90 valence electrons. The molecule has 6 heteroatoms. The first-order chi connectivity index (χ1) is 7.53. The summed E-state index contributed by atoms with van der Waals surface area (Å²) in [5.41, 5.74) is 0. The van der Waals surface area contributed by atoms with Crippen molar-refractivity contribution in [3.05, 3.63) is 28.2 Å². The molecule has 0 aromatic heterocycles. The van der Waals surface area contributed by atoms with E-state index in [-0.39, 0.29) is 0 Å². The van der Waals surface area contributed by atoms with Crippen LogP contribution in [0.15, 0.2) is 18.2 Å². The van der Waals surface area contributed by atoms with Gasteiger partial charge in [0.05, 0.1) is 23.3 Å². The van der Waals surface area contributed by atoms with Crippen molar-refractivity contribution >= 4 is 36.4 Å². The van der Waals surface area contributed by atoms with Crippen LogP contribution in [0.1, 0.15) is 13.8 Å². The standard InChI is InChI=1S/C10H14Cl2O3P/c1-3-14-16(13,15-4-2)8-5-6-9(11)10(12)7-8/h5-7,13H,3-4H2,1-2H3/q+1. The molecule has 0 aliphatic carbocycles. The molecule has 0 bridgehead atoms. The van der Waals surface area contributed by atoms with Gasteiger partial charge < -0.3 is 0 Å². The lowest BCUT2D eigenvalue weighted by Gasteiger charge is -2.15. The van der Waals surface area contributed by atoms with E-state index in [0.29, 0.717) is 28.6 Å². The average molecular weight is 284 g/mol. The van der Waals surface area contributed by atoms with Gasteiger partial charge in [0.2, 0.25) is 0 Å². The van der Waals surface area contributed by atoms with Crippen LogP contribution in [-0.2, 0) is 9.05 Å². The summed E-state index contributed by atoms with van der Waals surface area (Å²) in [6.45, 7) is 4.32. The van der Waals surface area contributed by atoms with Crippen LogP contribution in [0.5, 0.6) is 0 Å². The Hall–Kier alpha value is 0.110. The van der Waals surface area contributed by atoms with Crippen molar-refractivity contribution in [3.8, 4) is 0 Å². The fourth-order valence-corrected chi connectivity index (χ4v) is 3.20. The molecule has 0 saturated carbocycles. The van der Waals surface area contributed by atoms with Gasteiger partial charge >= 0.3 is 7.94 Å². The zero-order valence-corrected chi connectivity index (χ0v) is 11.5. The molecule has 1 aromatic rings. The summed E-state index contributed by atoms with van der Waals surface area (Å²) in [5.74, 6) is 0. The average Bonchev–Trinajstić information content (AvgIpc) is 2.22. The largest absolute Gasteiger partial charge is 0.446 e. The Balaban J connectivity index is 3.05. The van der Waals surface area contributed by atoms with Crippen LogP contribution in [0.25, 0.3) is 0 Å². The van der Waals surface area contributed by atoms with Crippen molar-refractivity contribution in [1.82, 2.24) is 0 Å². The van der Waals surface area contributed by atoms with Gasteiger partial charge in [0, 0.05) is 6.07 Å². The number of hydrogen-bond donors (Lipinski definition) is 1. The van der Waals surface area contributed by atoms with Crippen molar-refractivity contribution in [2.24, 2.45) is 0 Å². The molecule has 1 rings (SSSR count). The zero-order chi connectivity index (χ0) is 12.2. The second-order valence-corrected chi connectivity index (χ2v) is 5.84. The number of hydrogen-bond acceptors (Lipinski definition) is 3. The Bertz CT molecular complexity index is 354. The molecule has 0 amide bonds. The highest BCUT2D eigenvalue weighted by molar-refractivity contribution is 7.68. The highest BCUT2D eigenvalue weighted by Crippen LogP contribution is 2.55. The normalized spacial score (nSPS) is 11.8. The first-order valence-corrected chi connectivity index (χ1v) is 7.23. The van der Waals surface area contributed by atoms with E-state index < -0.39 is 7.94 Å². The van der Waals surface area contributed by atoms with Crippen molar-refractivity contribution in [2.45, 2.75) is 13.8 Å². The van der Waals surface area contributed by atoms with Crippen LogP contribution in [-0.4, -0.2) is 18.1 Å². The van der Waals surface area contributed by atoms with Crippen molar-refractivity contribution in [1.29, 1.82) is 0 Å². The molecule has 0 saturated heterocycles. The van der Waals surface area contributed by atoms with Crippen LogP contribution in [0, 0.1) is 0 Å². The third-order valence-corrected chi connectivity index (χ3v) is 4.72. The van der Waals surface area contributed by atoms with E-state index >= 15 is 0 Å². The maximum absolute atomic E-state index is 10.3. The second-order valence-electron chi connectivity index (χ2n) is 2.95. The highest BCUT2D eigenvalue weighted by atomic mass is 35.5. The molecule has 16 heavy (non-hydrogen) atoms. The van der Waals surface area contributed by atoms with E-state index in [0.717, 1.165) is 0 Å². The maximum atomic E-state index is 10.3. The third kappa shape index (κ3) is 3.30. The lowest BCUT2D eigenvalue weighted by molar-refractivity contribution is 0.200. The van der Waals surface area contributed by atoms with Gasteiger partial charge in [-0.05, 0) is 26.0 Å². The summed E-state index contributed by atoms with van der Waals surface area (Å²) in [7, 11) is -3.01. The maximum Gasteiger partial charge on any atom is 0.446 e. The van der Waals surface area contributed by atoms with Crippen LogP contribution >= 0.6 is 31.1 Å². The van der Waals surface area contributed by atoms with Gasteiger partial charge in [-0.2, -0.15) is 13.9 Å². The van der Waals surface area contributed by atoms with E-state index in [1.54, 1.807) is 32.0 Å². The molecule has 1 N–H and O–H groups in total. The van der Waals surface area contributed by atoms with Gasteiger partial charge in [-0.3, -0.25) is 0 Å². The van der Waals surface area contributed by atoms with Crippen LogP contribution in [0.2, 0.25) is 10.0 Å². The summed E-state index contributed by atoms with van der Waals surface area (Å²) >= 11 is 11.7. The molecule has 0 aliphatic heterocycles. The van der Waals surface area contributed by atoms with Gasteiger partial charge in [0.25, 0.3) is 0 Å². The Morgan fingerprint density at radius 2 is 1.69 bits per heavy atom.